The van der Waals surface area contributed by atoms with E-state index in [1.807, 2.05) is 12.1 Å². The van der Waals surface area contributed by atoms with Crippen LogP contribution < -0.4 is 0 Å². The number of nitrogens with zero attached hydrogens (tertiary/aromatic N) is 2. The fraction of sp³-hybridized carbons (Fsp3) is 0.545. The highest BCUT2D eigenvalue weighted by atomic mass is 35.5. The van der Waals surface area contributed by atoms with Gasteiger partial charge in [-0.15, -0.1) is 0 Å². The third kappa shape index (κ3) is 4.16. The van der Waals surface area contributed by atoms with Crippen molar-refractivity contribution in [1.82, 2.24) is 9.88 Å². The first-order valence-corrected chi connectivity index (χ1v) is 5.58. The Morgan fingerprint density at radius 1 is 1.53 bits per heavy atom. The van der Waals surface area contributed by atoms with Crippen LogP contribution in [0.15, 0.2) is 18.3 Å². The second-order valence-electron chi connectivity index (χ2n) is 3.40. The summed E-state index contributed by atoms with van der Waals surface area (Å²) in [4.78, 5) is 6.27. The second-order valence-corrected chi connectivity index (χ2v) is 3.76. The number of aliphatic hydroxyl groups is 1. The predicted molar refractivity (Wildman–Crippen MR) is 61.9 cm³/mol. The SMILES string of the molecule is CCN(CCCO)Cc1cccnc1Cl. The first-order valence-electron chi connectivity index (χ1n) is 5.20. The topological polar surface area (TPSA) is 36.4 Å². The van der Waals surface area contributed by atoms with Crippen molar-refractivity contribution < 1.29 is 5.11 Å². The Balaban J connectivity index is 2.54. The number of halogens is 1. The average Bonchev–Trinajstić information content (AvgIpc) is 2.26. The highest BCUT2D eigenvalue weighted by Crippen LogP contribution is 2.13. The molecule has 0 atom stereocenters. The Kier molecular flexibility index (Phi) is 5.61. The van der Waals surface area contributed by atoms with Crippen molar-refractivity contribution in [3.05, 3.63) is 29.0 Å². The summed E-state index contributed by atoms with van der Waals surface area (Å²) in [5, 5.41) is 9.34. The zero-order chi connectivity index (χ0) is 11.1. The molecule has 0 saturated carbocycles. The molecule has 0 fully saturated rings. The van der Waals surface area contributed by atoms with Gasteiger partial charge in [-0.3, -0.25) is 4.90 Å². The number of aromatic nitrogens is 1. The minimum atomic E-state index is 0.233. The molecule has 1 aromatic rings. The molecule has 0 bridgehead atoms. The zero-order valence-corrected chi connectivity index (χ0v) is 9.74. The summed E-state index contributed by atoms with van der Waals surface area (Å²) in [6.07, 6.45) is 2.49. The smallest absolute Gasteiger partial charge is 0.133 e. The number of hydrogen-bond donors (Lipinski definition) is 1. The van der Waals surface area contributed by atoms with Gasteiger partial charge in [0.2, 0.25) is 0 Å². The van der Waals surface area contributed by atoms with Crippen LogP contribution in [0.3, 0.4) is 0 Å². The molecular formula is C11H17ClN2O. The maximum absolute atomic E-state index is 8.77. The molecular weight excluding hydrogens is 212 g/mol. The van der Waals surface area contributed by atoms with Crippen LogP contribution in [0.4, 0.5) is 0 Å². The first kappa shape index (κ1) is 12.4. The quantitative estimate of drug-likeness (QED) is 0.756. The van der Waals surface area contributed by atoms with Crippen LogP contribution in [0.25, 0.3) is 0 Å². The molecule has 0 aliphatic rings. The lowest BCUT2D eigenvalue weighted by Gasteiger charge is -2.20. The van der Waals surface area contributed by atoms with Gasteiger partial charge in [0.15, 0.2) is 0 Å². The largest absolute Gasteiger partial charge is 0.396 e. The fourth-order valence-electron chi connectivity index (χ4n) is 1.42. The van der Waals surface area contributed by atoms with Crippen LogP contribution in [-0.2, 0) is 6.54 Å². The van der Waals surface area contributed by atoms with Crippen LogP contribution in [0, 0.1) is 0 Å². The van der Waals surface area contributed by atoms with Gasteiger partial charge in [-0.05, 0) is 19.0 Å². The molecule has 0 aliphatic heterocycles. The molecule has 4 heteroatoms. The molecule has 1 heterocycles. The number of hydrogen-bond acceptors (Lipinski definition) is 3. The van der Waals surface area contributed by atoms with Gasteiger partial charge in [-0.2, -0.15) is 0 Å². The zero-order valence-electron chi connectivity index (χ0n) is 8.99. The van der Waals surface area contributed by atoms with E-state index in [0.717, 1.165) is 31.6 Å². The lowest BCUT2D eigenvalue weighted by molar-refractivity contribution is 0.225. The molecule has 1 N–H and O–H groups in total. The van der Waals surface area contributed by atoms with Gasteiger partial charge in [-0.25, -0.2) is 4.98 Å². The minimum Gasteiger partial charge on any atom is -0.396 e. The van der Waals surface area contributed by atoms with Gasteiger partial charge in [0, 0.05) is 31.5 Å². The molecule has 0 saturated heterocycles. The van der Waals surface area contributed by atoms with E-state index in [9.17, 15) is 0 Å². The van der Waals surface area contributed by atoms with Gasteiger partial charge in [0.05, 0.1) is 0 Å². The van der Waals surface area contributed by atoms with E-state index >= 15 is 0 Å². The molecule has 0 radical (unpaired) electrons. The van der Waals surface area contributed by atoms with Crippen molar-refractivity contribution >= 4 is 11.6 Å². The number of pyridine rings is 1. The molecule has 3 nitrogen and oxygen atoms in total. The van der Waals surface area contributed by atoms with Crippen molar-refractivity contribution in [2.75, 3.05) is 19.7 Å². The molecule has 0 aromatic carbocycles. The predicted octanol–water partition coefficient (Wildman–Crippen LogP) is 1.94. The van der Waals surface area contributed by atoms with Gasteiger partial charge in [0.1, 0.15) is 5.15 Å². The summed E-state index contributed by atoms with van der Waals surface area (Å²) in [6, 6.07) is 3.87. The van der Waals surface area contributed by atoms with Gasteiger partial charge >= 0.3 is 0 Å². The lowest BCUT2D eigenvalue weighted by Crippen LogP contribution is -2.24. The van der Waals surface area contributed by atoms with Crippen molar-refractivity contribution in [2.45, 2.75) is 19.9 Å². The maximum atomic E-state index is 8.77. The molecule has 15 heavy (non-hydrogen) atoms. The highest BCUT2D eigenvalue weighted by molar-refractivity contribution is 6.30. The standard InChI is InChI=1S/C11H17ClN2O/c1-2-14(7-4-8-15)9-10-5-3-6-13-11(10)12/h3,5-6,15H,2,4,7-9H2,1H3. The Morgan fingerprint density at radius 3 is 2.93 bits per heavy atom. The molecule has 0 aliphatic carbocycles. The fourth-order valence-corrected chi connectivity index (χ4v) is 1.60. The molecule has 1 aromatic heterocycles. The Morgan fingerprint density at radius 2 is 2.33 bits per heavy atom. The van der Waals surface area contributed by atoms with Crippen LogP contribution in [0.2, 0.25) is 5.15 Å². The van der Waals surface area contributed by atoms with E-state index in [-0.39, 0.29) is 6.61 Å². The van der Waals surface area contributed by atoms with Crippen molar-refractivity contribution in [3.63, 3.8) is 0 Å². The monoisotopic (exact) mass is 228 g/mol. The Bertz CT molecular complexity index is 294. The van der Waals surface area contributed by atoms with Gasteiger partial charge < -0.3 is 5.11 Å². The van der Waals surface area contributed by atoms with Crippen molar-refractivity contribution in [3.8, 4) is 0 Å². The Labute approximate surface area is 95.7 Å². The third-order valence-corrected chi connectivity index (χ3v) is 2.65. The van der Waals surface area contributed by atoms with Crippen LogP contribution in [0.1, 0.15) is 18.9 Å². The number of aliphatic hydroxyl groups excluding tert-OH is 1. The molecule has 0 unspecified atom stereocenters. The van der Waals surface area contributed by atoms with E-state index in [2.05, 4.69) is 16.8 Å². The Hall–Kier alpha value is -0.640. The summed E-state index contributed by atoms with van der Waals surface area (Å²) in [6.45, 7) is 4.96. The average molecular weight is 229 g/mol. The highest BCUT2D eigenvalue weighted by Gasteiger charge is 2.06. The first-order chi connectivity index (χ1) is 7.27. The molecule has 84 valence electrons. The summed E-state index contributed by atoms with van der Waals surface area (Å²) in [5.41, 5.74) is 1.04. The van der Waals surface area contributed by atoms with E-state index < -0.39 is 0 Å². The van der Waals surface area contributed by atoms with E-state index in [1.54, 1.807) is 6.20 Å². The summed E-state index contributed by atoms with van der Waals surface area (Å²) in [7, 11) is 0. The molecule has 0 spiro atoms. The van der Waals surface area contributed by atoms with Crippen molar-refractivity contribution in [1.29, 1.82) is 0 Å². The summed E-state index contributed by atoms with van der Waals surface area (Å²) < 4.78 is 0. The van der Waals surface area contributed by atoms with Gasteiger partial charge in [-0.1, -0.05) is 24.6 Å². The maximum Gasteiger partial charge on any atom is 0.133 e. The van der Waals surface area contributed by atoms with Crippen LogP contribution >= 0.6 is 11.6 Å². The number of rotatable bonds is 6. The van der Waals surface area contributed by atoms with Crippen LogP contribution in [-0.4, -0.2) is 34.7 Å². The molecule has 0 amide bonds. The normalized spacial score (nSPS) is 10.9. The van der Waals surface area contributed by atoms with Crippen molar-refractivity contribution in [2.24, 2.45) is 0 Å². The summed E-state index contributed by atoms with van der Waals surface area (Å²) >= 11 is 5.97. The molecule has 1 rings (SSSR count). The van der Waals surface area contributed by atoms with Gasteiger partial charge in [0.25, 0.3) is 0 Å². The van der Waals surface area contributed by atoms with E-state index in [1.165, 1.54) is 0 Å². The van der Waals surface area contributed by atoms with E-state index in [0.29, 0.717) is 5.15 Å². The lowest BCUT2D eigenvalue weighted by atomic mass is 10.2. The van der Waals surface area contributed by atoms with E-state index in [4.69, 9.17) is 16.7 Å². The minimum absolute atomic E-state index is 0.233. The second kappa shape index (κ2) is 6.77. The third-order valence-electron chi connectivity index (χ3n) is 2.31. The van der Waals surface area contributed by atoms with Crippen LogP contribution in [0.5, 0.6) is 0 Å². The summed E-state index contributed by atoms with van der Waals surface area (Å²) in [5.74, 6) is 0.